The second-order valence-electron chi connectivity index (χ2n) is 8.55. The highest BCUT2D eigenvalue weighted by Gasteiger charge is 2.35. The summed E-state index contributed by atoms with van der Waals surface area (Å²) in [6, 6.07) is 3.87. The molecule has 37 heavy (non-hydrogen) atoms. The van der Waals surface area contributed by atoms with Crippen LogP contribution < -0.4 is 10.5 Å². The lowest BCUT2D eigenvalue weighted by Crippen LogP contribution is -2.40. The quantitative estimate of drug-likeness (QED) is 0.370. The normalized spacial score (nSPS) is 15.4. The fraction of sp³-hybridized carbons (Fsp3) is 0.391. The third-order valence-corrected chi connectivity index (χ3v) is 5.88. The molecule has 5 rings (SSSR count). The lowest BCUT2D eigenvalue weighted by molar-refractivity contribution is -0.141. The van der Waals surface area contributed by atoms with Crippen molar-refractivity contribution in [1.82, 2.24) is 34.3 Å². The van der Waals surface area contributed by atoms with Gasteiger partial charge in [-0.3, -0.25) is 19.0 Å². The number of alkyl halides is 5. The molecule has 9 nitrogen and oxygen atoms in total. The molecule has 0 spiro atoms. The van der Waals surface area contributed by atoms with E-state index in [0.717, 1.165) is 12.3 Å². The predicted octanol–water partition coefficient (Wildman–Crippen LogP) is 3.77. The number of piperidine rings is 1. The third kappa shape index (κ3) is 5.73. The Morgan fingerprint density at radius 2 is 1.70 bits per heavy atom. The highest BCUT2D eigenvalue weighted by Crippen LogP contribution is 2.33. The van der Waals surface area contributed by atoms with Crippen LogP contribution >= 0.6 is 0 Å². The van der Waals surface area contributed by atoms with Crippen molar-refractivity contribution in [3.63, 3.8) is 0 Å². The summed E-state index contributed by atoms with van der Waals surface area (Å²) in [6.45, 7) is 1.54. The Hall–Kier alpha value is -3.97. The van der Waals surface area contributed by atoms with Gasteiger partial charge in [0.2, 0.25) is 5.95 Å². The minimum atomic E-state index is -4.61. The molecule has 196 valence electrons. The van der Waals surface area contributed by atoms with Gasteiger partial charge in [-0.25, -0.2) is 23.7 Å². The standard InChI is InChI=1S/C19H17F5N6O.C4H6N2/c1-10-26-14-13(11-3-4-12(25-9-11)19(22,23)24)27-17(28-15(14)16(31)29(10)2)30-7-5-18(20,21)6-8-30;1-6-4-2-3-5-6/h3-4,9H,5-8H2,1-2H3;2-4H,1H3. The number of aryl methyl sites for hydroxylation is 2. The summed E-state index contributed by atoms with van der Waals surface area (Å²) in [7, 11) is 3.40. The first-order valence-corrected chi connectivity index (χ1v) is 11.2. The molecule has 0 aromatic carbocycles. The zero-order valence-corrected chi connectivity index (χ0v) is 20.2. The molecule has 0 bridgehead atoms. The molecular formula is C23H23F5N8O. The van der Waals surface area contributed by atoms with Crippen LogP contribution in [0.4, 0.5) is 27.9 Å². The average molecular weight is 522 g/mol. The predicted molar refractivity (Wildman–Crippen MR) is 125 cm³/mol. The number of aromatic nitrogens is 7. The Morgan fingerprint density at radius 3 is 2.22 bits per heavy atom. The number of hydrogen-bond acceptors (Lipinski definition) is 7. The molecular weight excluding hydrogens is 499 g/mol. The number of nitrogens with zero attached hydrogens (tertiary/aromatic N) is 8. The van der Waals surface area contributed by atoms with Crippen LogP contribution in [0.3, 0.4) is 0 Å². The Balaban J connectivity index is 0.000000469. The second kappa shape index (κ2) is 9.82. The first-order chi connectivity index (χ1) is 17.4. The zero-order chi connectivity index (χ0) is 27.0. The zero-order valence-electron chi connectivity index (χ0n) is 20.2. The van der Waals surface area contributed by atoms with Gasteiger partial charge in [-0.1, -0.05) is 0 Å². The smallest absolute Gasteiger partial charge is 0.340 e. The number of pyridine rings is 1. The van der Waals surface area contributed by atoms with Gasteiger partial charge in [-0.2, -0.15) is 18.3 Å². The van der Waals surface area contributed by atoms with E-state index in [2.05, 4.69) is 25.0 Å². The van der Waals surface area contributed by atoms with Crippen molar-refractivity contribution in [3.05, 3.63) is 58.7 Å². The van der Waals surface area contributed by atoms with Gasteiger partial charge < -0.3 is 4.90 Å². The minimum absolute atomic E-state index is 0.0250. The van der Waals surface area contributed by atoms with E-state index in [1.54, 1.807) is 17.8 Å². The molecule has 4 aromatic rings. The van der Waals surface area contributed by atoms with E-state index in [1.165, 1.54) is 22.6 Å². The van der Waals surface area contributed by atoms with Gasteiger partial charge in [-0.05, 0) is 25.1 Å². The molecule has 14 heteroatoms. The monoisotopic (exact) mass is 522 g/mol. The van der Waals surface area contributed by atoms with E-state index in [1.807, 2.05) is 19.3 Å². The highest BCUT2D eigenvalue weighted by molar-refractivity contribution is 5.89. The summed E-state index contributed by atoms with van der Waals surface area (Å²) in [5.74, 6) is -2.39. The topological polar surface area (TPSA) is 94.6 Å². The summed E-state index contributed by atoms with van der Waals surface area (Å²) in [5, 5.41) is 3.83. The van der Waals surface area contributed by atoms with Crippen LogP contribution in [0.5, 0.6) is 0 Å². The summed E-state index contributed by atoms with van der Waals surface area (Å²) < 4.78 is 68.8. The van der Waals surface area contributed by atoms with E-state index >= 15 is 0 Å². The van der Waals surface area contributed by atoms with Crippen LogP contribution in [0.25, 0.3) is 22.3 Å². The van der Waals surface area contributed by atoms with E-state index < -0.39 is 36.2 Å². The third-order valence-electron chi connectivity index (χ3n) is 5.88. The fourth-order valence-corrected chi connectivity index (χ4v) is 3.66. The molecule has 0 saturated carbocycles. The molecule has 0 aliphatic carbocycles. The molecule has 0 atom stereocenters. The number of rotatable bonds is 2. The van der Waals surface area contributed by atoms with Crippen molar-refractivity contribution < 1.29 is 22.0 Å². The van der Waals surface area contributed by atoms with Crippen LogP contribution in [-0.2, 0) is 20.3 Å². The number of fused-ring (bicyclic) bond motifs is 1. The van der Waals surface area contributed by atoms with Crippen molar-refractivity contribution in [2.75, 3.05) is 18.0 Å². The average Bonchev–Trinajstić information content (AvgIpc) is 3.33. The van der Waals surface area contributed by atoms with Gasteiger partial charge in [-0.15, -0.1) is 0 Å². The van der Waals surface area contributed by atoms with E-state index in [4.69, 9.17) is 0 Å². The highest BCUT2D eigenvalue weighted by atomic mass is 19.4. The number of anilines is 1. The molecule has 0 unspecified atom stereocenters. The van der Waals surface area contributed by atoms with Crippen LogP contribution in [0.15, 0.2) is 41.6 Å². The summed E-state index contributed by atoms with van der Waals surface area (Å²) in [5.41, 5.74) is -1.19. The lowest BCUT2D eigenvalue weighted by Gasteiger charge is -2.32. The largest absolute Gasteiger partial charge is 0.433 e. The minimum Gasteiger partial charge on any atom is -0.340 e. The maximum atomic E-state index is 13.6. The van der Waals surface area contributed by atoms with Gasteiger partial charge in [0.1, 0.15) is 22.7 Å². The first-order valence-electron chi connectivity index (χ1n) is 11.2. The molecule has 1 fully saturated rings. The Labute approximate surface area is 207 Å². The maximum absolute atomic E-state index is 13.6. The molecule has 4 aromatic heterocycles. The van der Waals surface area contributed by atoms with Crippen molar-refractivity contribution in [2.24, 2.45) is 14.1 Å². The van der Waals surface area contributed by atoms with Crippen molar-refractivity contribution in [1.29, 1.82) is 0 Å². The first kappa shape index (κ1) is 26.1. The number of halogens is 5. The Kier molecular flexibility index (Phi) is 6.93. The second-order valence-corrected chi connectivity index (χ2v) is 8.55. The maximum Gasteiger partial charge on any atom is 0.433 e. The van der Waals surface area contributed by atoms with Crippen molar-refractivity contribution in [3.8, 4) is 11.3 Å². The van der Waals surface area contributed by atoms with Crippen LogP contribution in [0.2, 0.25) is 0 Å². The van der Waals surface area contributed by atoms with Gasteiger partial charge in [0, 0.05) is 64.2 Å². The summed E-state index contributed by atoms with van der Waals surface area (Å²) >= 11 is 0. The van der Waals surface area contributed by atoms with E-state index in [0.29, 0.717) is 5.82 Å². The fourth-order valence-electron chi connectivity index (χ4n) is 3.66. The van der Waals surface area contributed by atoms with Gasteiger partial charge in [0.25, 0.3) is 11.5 Å². The van der Waals surface area contributed by atoms with E-state index in [9.17, 15) is 26.7 Å². The van der Waals surface area contributed by atoms with Crippen LogP contribution in [0, 0.1) is 6.92 Å². The van der Waals surface area contributed by atoms with Gasteiger partial charge >= 0.3 is 6.18 Å². The van der Waals surface area contributed by atoms with Crippen molar-refractivity contribution in [2.45, 2.75) is 31.9 Å². The molecule has 1 saturated heterocycles. The summed E-state index contributed by atoms with van der Waals surface area (Å²) in [4.78, 5) is 30.7. The SMILES string of the molecule is Cc1nc2c(-c3ccc(C(F)(F)F)nc3)nc(N3CCC(F)(F)CC3)nc2c(=O)n1C.Cn1cccn1. The molecule has 0 N–H and O–H groups in total. The van der Waals surface area contributed by atoms with Crippen LogP contribution in [-0.4, -0.2) is 53.3 Å². The van der Waals surface area contributed by atoms with E-state index in [-0.39, 0.29) is 41.3 Å². The van der Waals surface area contributed by atoms with Gasteiger partial charge in [0.15, 0.2) is 5.52 Å². The lowest BCUT2D eigenvalue weighted by atomic mass is 10.1. The van der Waals surface area contributed by atoms with Crippen molar-refractivity contribution >= 4 is 17.0 Å². The Bertz CT molecular complexity index is 1440. The summed E-state index contributed by atoms with van der Waals surface area (Å²) in [6.07, 6.45) is -0.764. The molecule has 5 heterocycles. The molecule has 1 aliphatic heterocycles. The molecule has 0 radical (unpaired) electrons. The number of hydrogen-bond donors (Lipinski definition) is 0. The molecule has 1 aliphatic rings. The van der Waals surface area contributed by atoms with Gasteiger partial charge in [0.05, 0.1) is 0 Å². The molecule has 0 amide bonds. The Morgan fingerprint density at radius 1 is 1.00 bits per heavy atom. The van der Waals surface area contributed by atoms with Crippen LogP contribution in [0.1, 0.15) is 24.4 Å².